The van der Waals surface area contributed by atoms with E-state index in [9.17, 15) is 0 Å². The minimum Gasteiger partial charge on any atom is -0.253 e. The van der Waals surface area contributed by atoms with Crippen LogP contribution < -0.4 is 0 Å². The molecule has 1 aromatic heterocycles. The van der Waals surface area contributed by atoms with E-state index in [2.05, 4.69) is 133 Å². The first-order chi connectivity index (χ1) is 20.8. The van der Waals surface area contributed by atoms with Crippen molar-refractivity contribution in [2.45, 2.75) is 0 Å². The van der Waals surface area contributed by atoms with Gasteiger partial charge in [-0.15, -0.1) is 0 Å². The lowest BCUT2D eigenvalue weighted by Crippen LogP contribution is -1.90. The van der Waals surface area contributed by atoms with Crippen LogP contribution in [0.3, 0.4) is 0 Å². The van der Waals surface area contributed by atoms with Crippen LogP contribution in [0.15, 0.2) is 122 Å². The van der Waals surface area contributed by atoms with Gasteiger partial charge in [-0.2, -0.15) is 0 Å². The van der Waals surface area contributed by atoms with Crippen LogP contribution in [0.5, 0.6) is 0 Å². The topological polar surface area (TPSA) is 25.8 Å². The summed E-state index contributed by atoms with van der Waals surface area (Å²) in [5.74, 6) is 0. The van der Waals surface area contributed by atoms with E-state index in [0.717, 1.165) is 11.4 Å². The fourth-order valence-corrected chi connectivity index (χ4v) is 6.76. The van der Waals surface area contributed by atoms with Crippen molar-refractivity contribution in [3.8, 4) is 0 Å². The molecular formula is C40H24N2. The van der Waals surface area contributed by atoms with E-state index in [1.807, 2.05) is 0 Å². The monoisotopic (exact) mass is 532 g/mol. The molecule has 2 heteroatoms. The minimum absolute atomic E-state index is 0.845. The zero-order valence-electron chi connectivity index (χ0n) is 22.8. The average molecular weight is 533 g/mol. The molecule has 0 radical (unpaired) electrons. The van der Waals surface area contributed by atoms with Crippen molar-refractivity contribution in [1.29, 1.82) is 0 Å². The summed E-state index contributed by atoms with van der Waals surface area (Å²) < 4.78 is 0. The predicted molar refractivity (Wildman–Crippen MR) is 180 cm³/mol. The number of nitrogens with zero attached hydrogens (tertiary/aromatic N) is 2. The number of hydrogen-bond acceptors (Lipinski definition) is 2. The summed E-state index contributed by atoms with van der Waals surface area (Å²) in [6.07, 6.45) is 12.0. The van der Waals surface area contributed by atoms with Crippen LogP contribution in [0, 0.1) is 0 Å². The van der Waals surface area contributed by atoms with Gasteiger partial charge in [0, 0.05) is 12.4 Å². The summed E-state index contributed by atoms with van der Waals surface area (Å²) in [6.45, 7) is 0. The Balaban J connectivity index is 1.13. The van der Waals surface area contributed by atoms with E-state index in [1.165, 1.54) is 75.8 Å². The standard InChI is InChI=1S/C40H24N2/c1-3-27-11-13-31-9-7-25(33-19-15-29(5-1)37(27)39(31)33)17-21-35-36(42-24-23-41-35)22-18-26-8-10-32-14-12-28-4-2-6-30-16-20-34(26)40(32)38(28)30/h1-24H. The molecule has 0 aliphatic heterocycles. The smallest absolute Gasteiger partial charge is 0.0886 e. The van der Waals surface area contributed by atoms with Gasteiger partial charge in [0.05, 0.1) is 11.4 Å². The fraction of sp³-hybridized carbons (Fsp3) is 0. The van der Waals surface area contributed by atoms with Crippen LogP contribution in [0.2, 0.25) is 0 Å². The van der Waals surface area contributed by atoms with Crippen molar-refractivity contribution in [3.05, 3.63) is 144 Å². The molecule has 0 spiro atoms. The summed E-state index contributed by atoms with van der Waals surface area (Å²) in [4.78, 5) is 9.39. The Labute approximate surface area is 242 Å². The second-order valence-electron chi connectivity index (χ2n) is 11.0. The van der Waals surface area contributed by atoms with E-state index in [1.54, 1.807) is 12.4 Å². The molecule has 1 heterocycles. The molecule has 0 saturated heterocycles. The van der Waals surface area contributed by atoms with E-state index in [4.69, 9.17) is 9.97 Å². The minimum atomic E-state index is 0.845. The van der Waals surface area contributed by atoms with Crippen LogP contribution >= 0.6 is 0 Å². The molecule has 0 aliphatic carbocycles. The lowest BCUT2D eigenvalue weighted by atomic mass is 9.91. The van der Waals surface area contributed by atoms with Crippen molar-refractivity contribution < 1.29 is 0 Å². The second-order valence-corrected chi connectivity index (χ2v) is 11.0. The number of rotatable bonds is 4. The third-order valence-electron chi connectivity index (χ3n) is 8.72. The maximum atomic E-state index is 4.70. The molecule has 0 bridgehead atoms. The Morgan fingerprint density at radius 3 is 1.12 bits per heavy atom. The summed E-state index contributed by atoms with van der Waals surface area (Å²) in [7, 11) is 0. The van der Waals surface area contributed by atoms with Gasteiger partial charge in [0.2, 0.25) is 0 Å². The van der Waals surface area contributed by atoms with Crippen LogP contribution in [-0.2, 0) is 0 Å². The third kappa shape index (κ3) is 3.45. The molecule has 0 amide bonds. The maximum Gasteiger partial charge on any atom is 0.0886 e. The van der Waals surface area contributed by atoms with Gasteiger partial charge < -0.3 is 0 Å². The molecule has 194 valence electrons. The normalized spacial score (nSPS) is 12.6. The Morgan fingerprint density at radius 1 is 0.333 bits per heavy atom. The van der Waals surface area contributed by atoms with Gasteiger partial charge in [-0.1, -0.05) is 121 Å². The number of aromatic nitrogens is 2. The van der Waals surface area contributed by atoms with Crippen molar-refractivity contribution in [2.24, 2.45) is 0 Å². The molecule has 0 saturated carbocycles. The van der Waals surface area contributed by atoms with Crippen LogP contribution in [-0.4, -0.2) is 9.97 Å². The quantitative estimate of drug-likeness (QED) is 0.211. The van der Waals surface area contributed by atoms with Gasteiger partial charge >= 0.3 is 0 Å². The van der Waals surface area contributed by atoms with Gasteiger partial charge in [0.1, 0.15) is 0 Å². The Morgan fingerprint density at radius 2 is 0.690 bits per heavy atom. The highest BCUT2D eigenvalue weighted by Gasteiger charge is 2.11. The lowest BCUT2D eigenvalue weighted by Gasteiger charge is -2.12. The molecule has 8 aromatic carbocycles. The predicted octanol–water partition coefficient (Wildman–Crippen LogP) is 10.6. The molecule has 0 atom stereocenters. The summed E-state index contributed by atoms with van der Waals surface area (Å²) in [5.41, 5.74) is 4.04. The van der Waals surface area contributed by atoms with Crippen molar-refractivity contribution in [3.63, 3.8) is 0 Å². The molecule has 42 heavy (non-hydrogen) atoms. The molecule has 0 aliphatic rings. The highest BCUT2D eigenvalue weighted by molar-refractivity contribution is 6.25. The van der Waals surface area contributed by atoms with Crippen LogP contribution in [0.25, 0.3) is 88.9 Å². The molecular weight excluding hydrogens is 508 g/mol. The van der Waals surface area contributed by atoms with E-state index >= 15 is 0 Å². The third-order valence-corrected chi connectivity index (χ3v) is 8.72. The molecule has 0 unspecified atom stereocenters. The van der Waals surface area contributed by atoms with Gasteiger partial charge in [-0.3, -0.25) is 9.97 Å². The van der Waals surface area contributed by atoms with Crippen LogP contribution in [0.4, 0.5) is 0 Å². The average Bonchev–Trinajstić information content (AvgIpc) is 3.05. The Kier molecular flexibility index (Phi) is 4.93. The first kappa shape index (κ1) is 23.1. The van der Waals surface area contributed by atoms with E-state index in [-0.39, 0.29) is 0 Å². The van der Waals surface area contributed by atoms with Crippen molar-refractivity contribution in [1.82, 2.24) is 9.97 Å². The number of benzene rings is 8. The van der Waals surface area contributed by atoms with Gasteiger partial charge in [-0.25, -0.2) is 0 Å². The Hall–Kier alpha value is -5.60. The first-order valence-corrected chi connectivity index (χ1v) is 14.3. The summed E-state index contributed by atoms with van der Waals surface area (Å²) >= 11 is 0. The lowest BCUT2D eigenvalue weighted by molar-refractivity contribution is 1.16. The zero-order valence-corrected chi connectivity index (χ0v) is 22.8. The highest BCUT2D eigenvalue weighted by Crippen LogP contribution is 2.38. The highest BCUT2D eigenvalue weighted by atomic mass is 14.8. The SMILES string of the molecule is C(=Cc1ccc2ccc3cccc4ccc1c2c34)c1nccnc1C=Cc1ccc2ccc3cccc4ccc1c2c34. The largest absolute Gasteiger partial charge is 0.253 e. The molecule has 0 N–H and O–H groups in total. The fourth-order valence-electron chi connectivity index (χ4n) is 6.76. The summed E-state index contributed by atoms with van der Waals surface area (Å²) in [6, 6.07) is 39.7. The van der Waals surface area contributed by atoms with E-state index < -0.39 is 0 Å². The molecule has 9 rings (SSSR count). The maximum absolute atomic E-state index is 4.70. The van der Waals surface area contributed by atoms with Crippen LogP contribution in [0.1, 0.15) is 22.5 Å². The first-order valence-electron chi connectivity index (χ1n) is 14.3. The van der Waals surface area contributed by atoms with E-state index in [0.29, 0.717) is 0 Å². The van der Waals surface area contributed by atoms with Gasteiger partial charge in [0.25, 0.3) is 0 Å². The molecule has 9 aromatic rings. The van der Waals surface area contributed by atoms with Crippen molar-refractivity contribution >= 4 is 88.9 Å². The van der Waals surface area contributed by atoms with Gasteiger partial charge in [0.15, 0.2) is 0 Å². The molecule has 2 nitrogen and oxygen atoms in total. The number of hydrogen-bond donors (Lipinski definition) is 0. The van der Waals surface area contributed by atoms with Crippen molar-refractivity contribution in [2.75, 3.05) is 0 Å². The molecule has 0 fully saturated rings. The summed E-state index contributed by atoms with van der Waals surface area (Å²) in [5, 5.41) is 15.5. The Bertz CT molecular complexity index is 2310. The van der Waals surface area contributed by atoms with Gasteiger partial charge in [-0.05, 0) is 87.9 Å². The second kappa shape index (κ2) is 8.95. The zero-order chi connectivity index (χ0) is 27.6.